The first-order valence-corrected chi connectivity index (χ1v) is 7.24. The average molecular weight is 386 g/mol. The van der Waals surface area contributed by atoms with E-state index < -0.39 is 11.8 Å². The van der Waals surface area contributed by atoms with E-state index in [9.17, 15) is 14.0 Å². The van der Waals surface area contributed by atoms with Crippen LogP contribution in [0.15, 0.2) is 39.8 Å². The molecule has 8 nitrogen and oxygen atoms in total. The van der Waals surface area contributed by atoms with Crippen LogP contribution >= 0.6 is 15.9 Å². The number of halogens is 2. The van der Waals surface area contributed by atoms with Crippen LogP contribution < -0.4 is 11.0 Å². The number of carboxylic acid groups (broad SMARTS) is 1. The van der Waals surface area contributed by atoms with Gasteiger partial charge in [0.25, 0.3) is 0 Å². The second kappa shape index (κ2) is 7.18. The van der Waals surface area contributed by atoms with Gasteiger partial charge in [0.05, 0.1) is 12.9 Å². The molecule has 2 N–H and O–H groups in total. The summed E-state index contributed by atoms with van der Waals surface area (Å²) in [5, 5.41) is 14.5. The maximum Gasteiger partial charge on any atom is 0.404 e. The molecule has 0 fully saturated rings. The summed E-state index contributed by atoms with van der Waals surface area (Å²) in [7, 11) is 0. The molecule has 0 saturated carbocycles. The van der Waals surface area contributed by atoms with Gasteiger partial charge >= 0.3 is 11.8 Å². The Bertz CT molecular complexity index is 814. The Morgan fingerprint density at radius 1 is 1.52 bits per heavy atom. The quantitative estimate of drug-likeness (QED) is 0.761. The Kier molecular flexibility index (Phi) is 5.27. The first-order chi connectivity index (χ1) is 10.9. The number of nitrogens with one attached hydrogen (secondary N) is 1. The van der Waals surface area contributed by atoms with Crippen molar-refractivity contribution < 1.29 is 14.3 Å². The van der Waals surface area contributed by atoms with Crippen molar-refractivity contribution in [1.82, 2.24) is 24.6 Å². The summed E-state index contributed by atoms with van der Waals surface area (Å²) < 4.78 is 15.6. The fourth-order valence-corrected chi connectivity index (χ4v) is 2.14. The largest absolute Gasteiger partial charge is 0.465 e. The number of pyridine rings is 1. The lowest BCUT2D eigenvalue weighted by Gasteiger charge is -2.06. The van der Waals surface area contributed by atoms with Crippen LogP contribution in [0.1, 0.15) is 5.56 Å². The van der Waals surface area contributed by atoms with Gasteiger partial charge in [0.1, 0.15) is 16.7 Å². The topological polar surface area (TPSA) is 102 Å². The van der Waals surface area contributed by atoms with Gasteiger partial charge in [-0.2, -0.15) is 5.10 Å². The molecule has 2 aromatic rings. The van der Waals surface area contributed by atoms with Crippen LogP contribution in [0.5, 0.6) is 0 Å². The summed E-state index contributed by atoms with van der Waals surface area (Å²) in [6.45, 7) is 1.39. The number of carbonyl (C=O) groups is 1. The van der Waals surface area contributed by atoms with Gasteiger partial charge in [-0.05, 0) is 40.1 Å². The van der Waals surface area contributed by atoms with Crippen molar-refractivity contribution in [2.75, 3.05) is 6.54 Å². The predicted molar refractivity (Wildman–Crippen MR) is 83.3 cm³/mol. The van der Waals surface area contributed by atoms with E-state index in [-0.39, 0.29) is 25.0 Å². The lowest BCUT2D eigenvalue weighted by Crippen LogP contribution is -2.29. The minimum Gasteiger partial charge on any atom is -0.465 e. The third kappa shape index (κ3) is 4.03. The molecular formula is C13H13BrFN5O3. The molecular weight excluding hydrogens is 373 g/mol. The number of aryl methyl sites for hydroxylation is 1. The van der Waals surface area contributed by atoms with E-state index >= 15 is 0 Å². The van der Waals surface area contributed by atoms with Crippen LogP contribution in [0.4, 0.5) is 9.18 Å². The zero-order valence-corrected chi connectivity index (χ0v) is 13.6. The van der Waals surface area contributed by atoms with Crippen LogP contribution in [-0.4, -0.2) is 37.1 Å². The summed E-state index contributed by atoms with van der Waals surface area (Å²) in [5.41, 5.74) is 0.329. The van der Waals surface area contributed by atoms with Crippen molar-refractivity contribution in [3.8, 4) is 5.82 Å². The van der Waals surface area contributed by atoms with Gasteiger partial charge in [0.15, 0.2) is 0 Å². The summed E-state index contributed by atoms with van der Waals surface area (Å²) in [6, 6.07) is 3.54. The summed E-state index contributed by atoms with van der Waals surface area (Å²) in [6.07, 6.45) is 0.255. The molecule has 0 saturated heterocycles. The molecule has 0 bridgehead atoms. The van der Waals surface area contributed by atoms with Gasteiger partial charge in [-0.3, -0.25) is 0 Å². The number of hydrogen-bond acceptors (Lipinski definition) is 4. The lowest BCUT2D eigenvalue weighted by molar-refractivity contribution is 0.195. The van der Waals surface area contributed by atoms with Gasteiger partial charge in [-0.25, -0.2) is 28.2 Å². The molecule has 2 heterocycles. The molecule has 0 aliphatic carbocycles. The zero-order chi connectivity index (χ0) is 17.0. The Morgan fingerprint density at radius 3 is 2.91 bits per heavy atom. The molecule has 122 valence electrons. The molecule has 0 aliphatic rings. The number of amides is 1. The number of hydrogen-bond donors (Lipinski definition) is 2. The Hall–Kier alpha value is -2.49. The van der Waals surface area contributed by atoms with Crippen molar-refractivity contribution in [3.63, 3.8) is 0 Å². The monoisotopic (exact) mass is 385 g/mol. The summed E-state index contributed by atoms with van der Waals surface area (Å²) in [5.74, 6) is 0.407. The Labute approximate surface area is 138 Å². The van der Waals surface area contributed by atoms with Crippen molar-refractivity contribution in [2.24, 2.45) is 0 Å². The van der Waals surface area contributed by atoms with Crippen LogP contribution in [0, 0.1) is 6.92 Å². The van der Waals surface area contributed by atoms with Crippen LogP contribution in [0.2, 0.25) is 0 Å². The highest BCUT2D eigenvalue weighted by molar-refractivity contribution is 9.10. The maximum atomic E-state index is 12.8. The van der Waals surface area contributed by atoms with E-state index in [2.05, 4.69) is 26.0 Å². The molecule has 0 atom stereocenters. The molecule has 1 amide bonds. The van der Waals surface area contributed by atoms with Gasteiger partial charge in [0.2, 0.25) is 0 Å². The maximum absolute atomic E-state index is 12.8. The second-order valence-corrected chi connectivity index (χ2v) is 5.45. The van der Waals surface area contributed by atoms with Crippen LogP contribution in [0.3, 0.4) is 0 Å². The first-order valence-electron chi connectivity index (χ1n) is 6.45. The van der Waals surface area contributed by atoms with E-state index in [1.54, 1.807) is 19.1 Å². The van der Waals surface area contributed by atoms with E-state index in [0.29, 0.717) is 10.4 Å². The molecule has 0 aliphatic heterocycles. The average Bonchev–Trinajstić information content (AvgIpc) is 2.86. The second-order valence-electron chi connectivity index (χ2n) is 4.64. The van der Waals surface area contributed by atoms with Gasteiger partial charge in [0, 0.05) is 6.54 Å². The smallest absolute Gasteiger partial charge is 0.404 e. The molecule has 2 aromatic heterocycles. The molecule has 0 radical (unpaired) electrons. The van der Waals surface area contributed by atoms with Gasteiger partial charge < -0.3 is 10.4 Å². The van der Waals surface area contributed by atoms with E-state index in [0.717, 1.165) is 10.2 Å². The third-order valence-electron chi connectivity index (χ3n) is 2.97. The molecule has 0 unspecified atom stereocenters. The lowest BCUT2D eigenvalue weighted by atomic mass is 10.3. The molecule has 2 rings (SSSR count). The molecule has 0 aromatic carbocycles. The predicted octanol–water partition coefficient (Wildman–Crippen LogP) is 1.62. The van der Waals surface area contributed by atoms with Crippen molar-refractivity contribution >= 4 is 22.0 Å². The van der Waals surface area contributed by atoms with E-state index in [1.165, 1.54) is 10.9 Å². The van der Waals surface area contributed by atoms with Crippen molar-refractivity contribution in [2.45, 2.75) is 13.5 Å². The van der Waals surface area contributed by atoms with Gasteiger partial charge in [-0.1, -0.05) is 6.07 Å². The minimum atomic E-state index is -1.28. The molecule has 23 heavy (non-hydrogen) atoms. The van der Waals surface area contributed by atoms with Crippen molar-refractivity contribution in [3.05, 3.63) is 51.0 Å². The molecule has 10 heteroatoms. The normalized spacial score (nSPS) is 11.5. The number of aromatic nitrogens is 4. The van der Waals surface area contributed by atoms with Crippen LogP contribution in [0.25, 0.3) is 5.82 Å². The van der Waals surface area contributed by atoms with Crippen LogP contribution in [-0.2, 0) is 6.54 Å². The van der Waals surface area contributed by atoms with E-state index in [4.69, 9.17) is 5.11 Å². The standard InChI is InChI=1S/C13H13BrFN5O3/c1-8-2-3-10(14)18-11(8)19-7-17-20(13(19)23)6-9(4-15)5-16-12(21)22/h2-4,7,16H,5-6H2,1H3,(H,21,22)/b9-4+. The third-order valence-corrected chi connectivity index (χ3v) is 3.41. The fourth-order valence-electron chi connectivity index (χ4n) is 1.84. The highest BCUT2D eigenvalue weighted by atomic mass is 79.9. The fraction of sp³-hybridized carbons (Fsp3) is 0.231. The van der Waals surface area contributed by atoms with Gasteiger partial charge in [-0.15, -0.1) is 0 Å². The SMILES string of the molecule is Cc1ccc(Br)nc1-n1cnn(C/C(=C/F)CNC(=O)O)c1=O. The highest BCUT2D eigenvalue weighted by Gasteiger charge is 2.12. The minimum absolute atomic E-state index is 0.0682. The summed E-state index contributed by atoms with van der Waals surface area (Å²) in [4.78, 5) is 27.0. The Balaban J connectivity index is 2.27. The zero-order valence-electron chi connectivity index (χ0n) is 12.0. The molecule has 0 spiro atoms. The number of nitrogens with zero attached hydrogens (tertiary/aromatic N) is 4. The van der Waals surface area contributed by atoms with Crippen molar-refractivity contribution in [1.29, 1.82) is 0 Å². The van der Waals surface area contributed by atoms with E-state index in [1.807, 2.05) is 5.32 Å². The Morgan fingerprint density at radius 2 is 2.26 bits per heavy atom. The highest BCUT2D eigenvalue weighted by Crippen LogP contribution is 2.13. The first kappa shape index (κ1) is 16.9. The number of rotatable bonds is 5. The summed E-state index contributed by atoms with van der Waals surface area (Å²) >= 11 is 3.23.